The van der Waals surface area contributed by atoms with Gasteiger partial charge in [0, 0.05) is 21.8 Å². The molecule has 3 nitrogen and oxygen atoms in total. The Balaban J connectivity index is 2.13. The molecule has 0 aliphatic heterocycles. The maximum absolute atomic E-state index is 12.2. The van der Waals surface area contributed by atoms with Crippen molar-refractivity contribution in [2.75, 3.05) is 7.11 Å². The Morgan fingerprint density at radius 1 is 1.33 bits per heavy atom. The molecular formula is C14H18O3S. The highest BCUT2D eigenvalue weighted by molar-refractivity contribution is 7.84. The number of hydrogen-bond donors (Lipinski definition) is 0. The first-order valence-electron chi connectivity index (χ1n) is 6.25. The zero-order valence-corrected chi connectivity index (χ0v) is 11.4. The number of esters is 1. The highest BCUT2D eigenvalue weighted by atomic mass is 32.2. The fourth-order valence-electron chi connectivity index (χ4n) is 2.38. The first kappa shape index (κ1) is 13.3. The van der Waals surface area contributed by atoms with E-state index in [9.17, 15) is 9.00 Å². The molecule has 1 aromatic rings. The van der Waals surface area contributed by atoms with Gasteiger partial charge in [-0.3, -0.25) is 4.21 Å². The molecule has 0 aromatic heterocycles. The van der Waals surface area contributed by atoms with Crippen molar-refractivity contribution in [1.82, 2.24) is 0 Å². The maximum atomic E-state index is 12.2. The monoisotopic (exact) mass is 266 g/mol. The second kappa shape index (κ2) is 6.14. The fraction of sp³-hybridized carbons (Fsp3) is 0.500. The van der Waals surface area contributed by atoms with Gasteiger partial charge < -0.3 is 4.74 Å². The predicted octanol–water partition coefficient (Wildman–Crippen LogP) is 2.66. The van der Waals surface area contributed by atoms with Crippen LogP contribution in [-0.2, 0) is 21.3 Å². The number of ether oxygens (including phenoxy) is 1. The van der Waals surface area contributed by atoms with E-state index in [2.05, 4.69) is 0 Å². The Morgan fingerprint density at radius 2 is 2.00 bits per heavy atom. The van der Waals surface area contributed by atoms with Crippen molar-refractivity contribution >= 4 is 16.8 Å². The van der Waals surface area contributed by atoms with E-state index < -0.39 is 10.8 Å². The SMILES string of the molecule is COC(=O)c1ccccc1CS(=O)C1CCCC1. The molecule has 2 rings (SSSR count). The zero-order valence-electron chi connectivity index (χ0n) is 10.6. The molecule has 18 heavy (non-hydrogen) atoms. The largest absolute Gasteiger partial charge is 0.465 e. The highest BCUT2D eigenvalue weighted by Crippen LogP contribution is 2.25. The minimum atomic E-state index is -0.883. The van der Waals surface area contributed by atoms with Crippen molar-refractivity contribution in [3.63, 3.8) is 0 Å². The molecule has 0 saturated heterocycles. The Morgan fingerprint density at radius 3 is 2.67 bits per heavy atom. The summed E-state index contributed by atoms with van der Waals surface area (Å²) in [5.41, 5.74) is 1.36. The maximum Gasteiger partial charge on any atom is 0.338 e. The van der Waals surface area contributed by atoms with E-state index in [0.29, 0.717) is 16.6 Å². The van der Waals surface area contributed by atoms with Gasteiger partial charge >= 0.3 is 5.97 Å². The van der Waals surface area contributed by atoms with Crippen LogP contribution in [0.5, 0.6) is 0 Å². The smallest absolute Gasteiger partial charge is 0.338 e. The molecule has 4 heteroatoms. The van der Waals surface area contributed by atoms with Gasteiger partial charge in [0.2, 0.25) is 0 Å². The molecule has 1 unspecified atom stereocenters. The van der Waals surface area contributed by atoms with Crippen LogP contribution in [0.25, 0.3) is 0 Å². The van der Waals surface area contributed by atoms with Crippen molar-refractivity contribution in [3.05, 3.63) is 35.4 Å². The van der Waals surface area contributed by atoms with Crippen LogP contribution in [-0.4, -0.2) is 22.5 Å². The molecule has 1 saturated carbocycles. The third-order valence-corrected chi connectivity index (χ3v) is 5.20. The topological polar surface area (TPSA) is 43.4 Å². The molecule has 1 aromatic carbocycles. The summed E-state index contributed by atoms with van der Waals surface area (Å²) in [5.74, 6) is 0.102. The number of methoxy groups -OCH3 is 1. The molecular weight excluding hydrogens is 248 g/mol. The van der Waals surface area contributed by atoms with Gasteiger partial charge in [0.1, 0.15) is 0 Å². The number of rotatable bonds is 4. The Hall–Kier alpha value is -1.16. The predicted molar refractivity (Wildman–Crippen MR) is 71.9 cm³/mol. The van der Waals surface area contributed by atoms with Crippen LogP contribution in [0.4, 0.5) is 0 Å². The van der Waals surface area contributed by atoms with E-state index in [-0.39, 0.29) is 5.97 Å². The lowest BCUT2D eigenvalue weighted by Crippen LogP contribution is -2.14. The summed E-state index contributed by atoms with van der Waals surface area (Å²) < 4.78 is 17.0. The van der Waals surface area contributed by atoms with Gasteiger partial charge in [-0.15, -0.1) is 0 Å². The van der Waals surface area contributed by atoms with E-state index in [1.807, 2.05) is 12.1 Å². The minimum absolute atomic E-state index is 0.302. The molecule has 1 aliphatic carbocycles. The van der Waals surface area contributed by atoms with Crippen LogP contribution in [0.3, 0.4) is 0 Å². The van der Waals surface area contributed by atoms with Gasteiger partial charge in [0.05, 0.1) is 12.7 Å². The molecule has 0 amide bonds. The molecule has 0 N–H and O–H groups in total. The molecule has 0 bridgehead atoms. The third kappa shape index (κ3) is 2.99. The van der Waals surface area contributed by atoms with Gasteiger partial charge in [0.15, 0.2) is 0 Å². The minimum Gasteiger partial charge on any atom is -0.465 e. The molecule has 0 radical (unpaired) electrons. The van der Waals surface area contributed by atoms with Crippen LogP contribution >= 0.6 is 0 Å². The van der Waals surface area contributed by atoms with Crippen LogP contribution < -0.4 is 0 Å². The van der Waals surface area contributed by atoms with Crippen molar-refractivity contribution < 1.29 is 13.7 Å². The normalized spacial score (nSPS) is 17.6. The molecule has 1 atom stereocenters. The summed E-state index contributed by atoms with van der Waals surface area (Å²) in [6.07, 6.45) is 4.45. The molecule has 0 spiro atoms. The highest BCUT2D eigenvalue weighted by Gasteiger charge is 2.23. The van der Waals surface area contributed by atoms with E-state index in [4.69, 9.17) is 4.74 Å². The van der Waals surface area contributed by atoms with Crippen LogP contribution in [0.2, 0.25) is 0 Å². The summed E-state index contributed by atoms with van der Waals surface area (Å²) in [6.45, 7) is 0. The first-order chi connectivity index (χ1) is 8.72. The quantitative estimate of drug-likeness (QED) is 0.787. The van der Waals surface area contributed by atoms with Gasteiger partial charge in [-0.2, -0.15) is 0 Å². The summed E-state index contributed by atoms with van der Waals surface area (Å²) in [4.78, 5) is 11.6. The number of benzene rings is 1. The lowest BCUT2D eigenvalue weighted by molar-refractivity contribution is 0.0600. The average Bonchev–Trinajstić information content (AvgIpc) is 2.92. The van der Waals surface area contributed by atoms with Crippen molar-refractivity contribution in [2.45, 2.75) is 36.7 Å². The van der Waals surface area contributed by atoms with Gasteiger partial charge in [0.25, 0.3) is 0 Å². The van der Waals surface area contributed by atoms with Gasteiger partial charge in [-0.05, 0) is 24.5 Å². The number of carbonyl (C=O) groups is 1. The molecule has 98 valence electrons. The zero-order chi connectivity index (χ0) is 13.0. The van der Waals surface area contributed by atoms with Crippen LogP contribution in [0.15, 0.2) is 24.3 Å². The Kier molecular flexibility index (Phi) is 4.53. The van der Waals surface area contributed by atoms with Crippen LogP contribution in [0.1, 0.15) is 41.6 Å². The Labute approximate surface area is 110 Å². The lowest BCUT2D eigenvalue weighted by atomic mass is 10.1. The van der Waals surface area contributed by atoms with E-state index in [1.54, 1.807) is 12.1 Å². The molecule has 0 heterocycles. The molecule has 1 fully saturated rings. The van der Waals surface area contributed by atoms with Gasteiger partial charge in [-0.1, -0.05) is 31.0 Å². The first-order valence-corrected chi connectivity index (χ1v) is 7.64. The second-order valence-corrected chi connectivity index (χ2v) is 6.30. The van der Waals surface area contributed by atoms with E-state index in [1.165, 1.54) is 20.0 Å². The third-order valence-electron chi connectivity index (χ3n) is 3.39. The molecule has 1 aliphatic rings. The lowest BCUT2D eigenvalue weighted by Gasteiger charge is -2.11. The van der Waals surface area contributed by atoms with E-state index in [0.717, 1.165) is 18.4 Å². The fourth-order valence-corrected chi connectivity index (χ4v) is 4.03. The average molecular weight is 266 g/mol. The standard InChI is InChI=1S/C14H18O3S/c1-17-14(15)13-9-5-2-6-11(13)10-18(16)12-7-3-4-8-12/h2,5-6,9,12H,3-4,7-8,10H2,1H3. The summed E-state index contributed by atoms with van der Waals surface area (Å²) >= 11 is 0. The Bertz CT molecular complexity index is 450. The summed E-state index contributed by atoms with van der Waals surface area (Å²) in [7, 11) is 0.485. The second-order valence-electron chi connectivity index (χ2n) is 4.58. The van der Waals surface area contributed by atoms with Gasteiger partial charge in [-0.25, -0.2) is 4.79 Å². The van der Waals surface area contributed by atoms with Crippen molar-refractivity contribution in [1.29, 1.82) is 0 Å². The van der Waals surface area contributed by atoms with Crippen molar-refractivity contribution in [2.24, 2.45) is 0 Å². The van der Waals surface area contributed by atoms with Crippen molar-refractivity contribution in [3.8, 4) is 0 Å². The number of carbonyl (C=O) groups excluding carboxylic acids is 1. The van der Waals surface area contributed by atoms with Crippen LogP contribution in [0, 0.1) is 0 Å². The number of hydrogen-bond acceptors (Lipinski definition) is 3. The summed E-state index contributed by atoms with van der Waals surface area (Å²) in [6, 6.07) is 7.26. The van der Waals surface area contributed by atoms with E-state index >= 15 is 0 Å². The summed E-state index contributed by atoms with van der Waals surface area (Å²) in [5, 5.41) is 0.302.